The van der Waals surface area contributed by atoms with Gasteiger partial charge < -0.3 is 24.0 Å². The van der Waals surface area contributed by atoms with E-state index in [2.05, 4.69) is 0 Å². The van der Waals surface area contributed by atoms with Crippen LogP contribution in [0.2, 0.25) is 5.02 Å². The van der Waals surface area contributed by atoms with E-state index >= 15 is 0 Å². The van der Waals surface area contributed by atoms with Crippen molar-refractivity contribution in [3.8, 4) is 11.5 Å². The molecule has 2 aromatic carbocycles. The standard InChI is InChI=1S/C26H31ClN2O5/c1-32-23-11-4-3-10-22(23)25(31)29-14-15-34-26(18-29,17-24(30)28-12-5-2-6-13-28)19-33-21-9-7-8-20(27)16-21/h3-4,7-11,16H,2,5-6,12-15,17-19H2,1H3/t26-/m1/s1. The predicted molar refractivity (Wildman–Crippen MR) is 130 cm³/mol. The summed E-state index contributed by atoms with van der Waals surface area (Å²) in [4.78, 5) is 30.3. The summed E-state index contributed by atoms with van der Waals surface area (Å²) in [6.45, 7) is 2.62. The molecular weight excluding hydrogens is 456 g/mol. The second-order valence-corrected chi connectivity index (χ2v) is 9.26. The molecule has 1 atom stereocenters. The summed E-state index contributed by atoms with van der Waals surface area (Å²) in [5, 5.41) is 0.563. The van der Waals surface area contributed by atoms with Crippen molar-refractivity contribution in [2.45, 2.75) is 31.3 Å². The number of nitrogens with zero attached hydrogens (tertiary/aromatic N) is 2. The summed E-state index contributed by atoms with van der Waals surface area (Å²) >= 11 is 6.11. The Morgan fingerprint density at radius 3 is 2.59 bits per heavy atom. The molecule has 0 spiro atoms. The zero-order valence-electron chi connectivity index (χ0n) is 19.5. The molecule has 2 aliphatic heterocycles. The molecule has 0 aliphatic carbocycles. The number of carbonyl (C=O) groups is 2. The first-order valence-corrected chi connectivity index (χ1v) is 12.1. The number of likely N-dealkylation sites (tertiary alicyclic amines) is 1. The van der Waals surface area contributed by atoms with Crippen LogP contribution in [0.1, 0.15) is 36.0 Å². The number of rotatable bonds is 7. The van der Waals surface area contributed by atoms with Gasteiger partial charge in [0.1, 0.15) is 23.7 Å². The number of benzene rings is 2. The third-order valence-corrected chi connectivity index (χ3v) is 6.59. The highest BCUT2D eigenvalue weighted by Gasteiger charge is 2.42. The Kier molecular flexibility index (Phi) is 7.95. The maximum absolute atomic E-state index is 13.4. The molecule has 2 fully saturated rings. The van der Waals surface area contributed by atoms with Gasteiger partial charge in [-0.15, -0.1) is 0 Å². The van der Waals surface area contributed by atoms with Gasteiger partial charge in [0.15, 0.2) is 0 Å². The van der Waals surface area contributed by atoms with Crippen LogP contribution in [0.3, 0.4) is 0 Å². The number of para-hydroxylation sites is 1. The number of methoxy groups -OCH3 is 1. The topological polar surface area (TPSA) is 68.3 Å². The van der Waals surface area contributed by atoms with Crippen molar-refractivity contribution in [1.29, 1.82) is 0 Å². The molecule has 0 radical (unpaired) electrons. The fourth-order valence-corrected chi connectivity index (χ4v) is 4.74. The van der Waals surface area contributed by atoms with Gasteiger partial charge in [-0.1, -0.05) is 29.8 Å². The Balaban J connectivity index is 1.55. The normalized spacial score (nSPS) is 20.6. The Labute approximate surface area is 205 Å². The van der Waals surface area contributed by atoms with Crippen LogP contribution in [-0.4, -0.2) is 73.7 Å². The molecule has 182 valence electrons. The number of hydrogen-bond donors (Lipinski definition) is 0. The minimum absolute atomic E-state index is 0.0287. The van der Waals surface area contributed by atoms with Gasteiger partial charge in [-0.3, -0.25) is 9.59 Å². The van der Waals surface area contributed by atoms with Gasteiger partial charge in [-0.05, 0) is 49.6 Å². The molecule has 0 saturated carbocycles. The highest BCUT2D eigenvalue weighted by molar-refractivity contribution is 6.30. The lowest BCUT2D eigenvalue weighted by Gasteiger charge is -2.43. The maximum atomic E-state index is 13.4. The van der Waals surface area contributed by atoms with Gasteiger partial charge in [0.05, 0.1) is 32.2 Å². The van der Waals surface area contributed by atoms with E-state index < -0.39 is 5.60 Å². The molecule has 2 amide bonds. The van der Waals surface area contributed by atoms with Gasteiger partial charge in [0.25, 0.3) is 5.91 Å². The zero-order valence-corrected chi connectivity index (χ0v) is 20.3. The summed E-state index contributed by atoms with van der Waals surface area (Å²) < 4.78 is 17.7. The predicted octanol–water partition coefficient (Wildman–Crippen LogP) is 4.04. The van der Waals surface area contributed by atoms with Crippen LogP contribution in [0.5, 0.6) is 11.5 Å². The number of amides is 2. The van der Waals surface area contributed by atoms with Gasteiger partial charge in [0.2, 0.25) is 5.91 Å². The van der Waals surface area contributed by atoms with Crippen LogP contribution < -0.4 is 9.47 Å². The first-order chi connectivity index (χ1) is 16.5. The van der Waals surface area contributed by atoms with E-state index in [1.807, 2.05) is 29.2 Å². The molecule has 2 saturated heterocycles. The number of halogens is 1. The minimum atomic E-state index is -0.966. The van der Waals surface area contributed by atoms with Crippen molar-refractivity contribution in [3.63, 3.8) is 0 Å². The van der Waals surface area contributed by atoms with Gasteiger partial charge in [-0.25, -0.2) is 0 Å². The fraction of sp³-hybridized carbons (Fsp3) is 0.462. The second kappa shape index (κ2) is 11.1. The lowest BCUT2D eigenvalue weighted by Crippen LogP contribution is -2.58. The average molecular weight is 487 g/mol. The molecule has 8 heteroatoms. The van der Waals surface area contributed by atoms with Gasteiger partial charge >= 0.3 is 0 Å². The van der Waals surface area contributed by atoms with E-state index in [-0.39, 0.29) is 31.4 Å². The summed E-state index contributed by atoms with van der Waals surface area (Å²) in [6, 6.07) is 14.3. The number of morpholine rings is 1. The van der Waals surface area contributed by atoms with Crippen molar-refractivity contribution in [3.05, 3.63) is 59.1 Å². The van der Waals surface area contributed by atoms with Crippen molar-refractivity contribution in [2.75, 3.05) is 46.5 Å². The third-order valence-electron chi connectivity index (χ3n) is 6.35. The second-order valence-electron chi connectivity index (χ2n) is 8.82. The first kappa shape index (κ1) is 24.4. The Morgan fingerprint density at radius 1 is 1.03 bits per heavy atom. The number of carbonyl (C=O) groups excluding carboxylic acids is 2. The smallest absolute Gasteiger partial charge is 0.257 e. The lowest BCUT2D eigenvalue weighted by molar-refractivity contribution is -0.153. The third kappa shape index (κ3) is 5.83. The fourth-order valence-electron chi connectivity index (χ4n) is 4.56. The molecule has 0 aromatic heterocycles. The Morgan fingerprint density at radius 2 is 1.82 bits per heavy atom. The number of hydrogen-bond acceptors (Lipinski definition) is 5. The number of ether oxygens (including phenoxy) is 3. The molecule has 4 rings (SSSR count). The Bertz CT molecular complexity index is 1010. The molecule has 2 aromatic rings. The Hall–Kier alpha value is -2.77. The van der Waals surface area contributed by atoms with Crippen LogP contribution in [0.4, 0.5) is 0 Å². The minimum Gasteiger partial charge on any atom is -0.496 e. The van der Waals surface area contributed by atoms with E-state index in [0.29, 0.717) is 35.2 Å². The van der Waals surface area contributed by atoms with Gasteiger partial charge in [0, 0.05) is 24.7 Å². The molecule has 0 N–H and O–H groups in total. The quantitative estimate of drug-likeness (QED) is 0.590. The van der Waals surface area contributed by atoms with E-state index in [1.165, 1.54) is 0 Å². The molecule has 34 heavy (non-hydrogen) atoms. The van der Waals surface area contributed by atoms with Gasteiger partial charge in [-0.2, -0.15) is 0 Å². The van der Waals surface area contributed by atoms with E-state index in [9.17, 15) is 9.59 Å². The summed E-state index contributed by atoms with van der Waals surface area (Å²) in [5.74, 6) is 0.984. The highest BCUT2D eigenvalue weighted by Crippen LogP contribution is 2.29. The average Bonchev–Trinajstić information content (AvgIpc) is 2.88. The number of piperidine rings is 1. The van der Waals surface area contributed by atoms with Crippen molar-refractivity contribution < 1.29 is 23.8 Å². The molecule has 7 nitrogen and oxygen atoms in total. The largest absolute Gasteiger partial charge is 0.496 e. The molecular formula is C26H31ClN2O5. The van der Waals surface area contributed by atoms with Crippen LogP contribution in [0, 0.1) is 0 Å². The summed E-state index contributed by atoms with van der Waals surface area (Å²) in [5.41, 5.74) is -0.480. The van der Waals surface area contributed by atoms with E-state index in [4.69, 9.17) is 25.8 Å². The monoisotopic (exact) mass is 486 g/mol. The van der Waals surface area contributed by atoms with Crippen molar-refractivity contribution >= 4 is 23.4 Å². The van der Waals surface area contributed by atoms with Crippen LogP contribution in [0.25, 0.3) is 0 Å². The van der Waals surface area contributed by atoms with E-state index in [0.717, 1.165) is 32.4 Å². The maximum Gasteiger partial charge on any atom is 0.257 e. The summed E-state index contributed by atoms with van der Waals surface area (Å²) in [7, 11) is 1.55. The highest BCUT2D eigenvalue weighted by atomic mass is 35.5. The van der Waals surface area contributed by atoms with Crippen LogP contribution >= 0.6 is 11.6 Å². The van der Waals surface area contributed by atoms with E-state index in [1.54, 1.807) is 36.3 Å². The lowest BCUT2D eigenvalue weighted by atomic mass is 9.95. The zero-order chi connectivity index (χ0) is 24.0. The molecule has 2 heterocycles. The van der Waals surface area contributed by atoms with Crippen LogP contribution in [-0.2, 0) is 9.53 Å². The van der Waals surface area contributed by atoms with Crippen LogP contribution in [0.15, 0.2) is 48.5 Å². The molecule has 0 bridgehead atoms. The SMILES string of the molecule is COc1ccccc1C(=O)N1CCO[C@](COc2cccc(Cl)c2)(CC(=O)N2CCCCC2)C1. The van der Waals surface area contributed by atoms with Crippen molar-refractivity contribution in [1.82, 2.24) is 9.80 Å². The molecule has 0 unspecified atom stereocenters. The molecule has 2 aliphatic rings. The van der Waals surface area contributed by atoms with Crippen molar-refractivity contribution in [2.24, 2.45) is 0 Å². The summed E-state index contributed by atoms with van der Waals surface area (Å²) in [6.07, 6.45) is 3.31. The first-order valence-electron chi connectivity index (χ1n) is 11.7.